The van der Waals surface area contributed by atoms with E-state index < -0.39 is 0 Å². The molecule has 0 aliphatic heterocycles. The maximum atomic E-state index is 2.45. The minimum absolute atomic E-state index is 1.15. The number of benzene rings is 18. The van der Waals surface area contributed by atoms with Gasteiger partial charge in [0.25, 0.3) is 10.8 Å². The third-order valence-electron chi connectivity index (χ3n) is 30.2. The molecular formula is C136H99N5S3+4. The summed E-state index contributed by atoms with van der Waals surface area (Å²) in [6, 6.07) is 160. The molecule has 0 spiro atoms. The molecule has 144 heavy (non-hydrogen) atoms. The zero-order valence-electron chi connectivity index (χ0n) is 81.3. The lowest BCUT2D eigenvalue weighted by molar-refractivity contribution is -0.664. The number of thiazole rings is 1. The molecule has 5 nitrogen and oxygen atoms in total. The predicted molar refractivity (Wildman–Crippen MR) is 607 cm³/mol. The first-order valence-corrected chi connectivity index (χ1v) is 52.0. The van der Waals surface area contributed by atoms with Crippen molar-refractivity contribution in [3.05, 3.63) is 478 Å². The molecule has 0 saturated heterocycles. The van der Waals surface area contributed by atoms with Gasteiger partial charge >= 0.3 is 0 Å². The second kappa shape index (κ2) is 35.7. The Hall–Kier alpha value is -17.0. The highest BCUT2D eigenvalue weighted by atomic mass is 32.1. The molecule has 0 unspecified atom stereocenters. The molecule has 29 rings (SSSR count). The standard InChI is InChI=1S/C37H27N2.3C33H24NS/c1-24-12-11-20-32-31-19-9-10-21-35(31)39(37(24)32)36-22-33-29-17-7-5-15-27(29)25-13-3-4-14-26(25)28-16-6-8-18-30(28)34(33)23-38(36)2;1-21-22-11-9-10-18-32(22)35-33(21)31-19-29-27-16-7-5-14-25(27)23-12-3-4-13-24(23)26-15-6-8-17-28(26)30(29)20-34(31)2;1-21-19-29-26-15-7-5-13-24(26)22-11-3-4-12-23(22)25-14-6-8-16-27(25)30(29)20-28(21)33-34(2)31-17-9-10-18-32(31)35-33;1-21-22-11-9-10-18-30(22)35-33(21)32-31-28-17-8-7-15-26(28)24-13-4-3-12-23(24)25-14-5-6-16-27(25)29(31)19-20-34(32)2/h3-23H,1-2H3;3*3-20H,1-2H3/q4*+1. The van der Waals surface area contributed by atoms with E-state index >= 15 is 0 Å². The summed E-state index contributed by atoms with van der Waals surface area (Å²) in [6.45, 7) is 8.99. The van der Waals surface area contributed by atoms with Crippen LogP contribution in [0.4, 0.5) is 0 Å². The highest BCUT2D eigenvalue weighted by Crippen LogP contribution is 2.57. The van der Waals surface area contributed by atoms with Crippen LogP contribution < -0.4 is 18.3 Å². The normalized spacial score (nSPS) is 11.8. The molecule has 7 heterocycles. The van der Waals surface area contributed by atoms with Gasteiger partial charge < -0.3 is 0 Å². The lowest BCUT2D eigenvalue weighted by atomic mass is 9.80. The second-order valence-corrected chi connectivity index (χ2v) is 41.5. The van der Waals surface area contributed by atoms with Crippen molar-refractivity contribution in [3.63, 3.8) is 0 Å². The number of nitrogens with zero attached hydrogens (tertiary/aromatic N) is 5. The third kappa shape index (κ3) is 14.4. The number of hydrogen-bond acceptors (Lipinski definition) is 3. The van der Waals surface area contributed by atoms with Crippen LogP contribution >= 0.6 is 34.0 Å². The zero-order chi connectivity index (χ0) is 96.6. The first-order valence-electron chi connectivity index (χ1n) is 49.6. The predicted octanol–water partition coefficient (Wildman–Crippen LogP) is 34.9. The summed E-state index contributed by atoms with van der Waals surface area (Å²) >= 11 is 5.65. The van der Waals surface area contributed by atoms with E-state index in [0.717, 1.165) is 5.82 Å². The SMILES string of the molecule is Cc1c(-c2c3c(cc[n+]2C)-c2ccccc2-c2ccccc2-c2ccccc2-3)sc2ccccc12.Cc1c(-c2cc3c(c[n+]2C)-c2ccccc2-c2ccccc2-c2ccccc2-3)sc2ccccc12.Cc1cc2c(cc1-c1sc3ccccc3[n+]1C)-c1ccccc1-c1ccccc1-c1ccccc1-2.Cc1cccc2c3ccccc3n(-c3cc4c(c[n+]3C)-c3ccccc3-c3ccccc3-c3ccccc3-4)c12. The Morgan fingerprint density at radius 3 is 0.965 bits per heavy atom. The Labute approximate surface area is 851 Å². The maximum Gasteiger partial charge on any atom is 0.287 e. The van der Waals surface area contributed by atoms with E-state index in [1.807, 2.05) is 34.0 Å². The summed E-state index contributed by atoms with van der Waals surface area (Å²) in [7, 11) is 8.72. The molecule has 7 aromatic heterocycles. The van der Waals surface area contributed by atoms with E-state index in [0.29, 0.717) is 0 Å². The van der Waals surface area contributed by atoms with Crippen molar-refractivity contribution in [2.24, 2.45) is 28.2 Å². The second-order valence-electron chi connectivity index (χ2n) is 38.4. The molecule has 682 valence electrons. The highest BCUT2D eigenvalue weighted by Gasteiger charge is 2.36. The molecule has 0 N–H and O–H groups in total. The van der Waals surface area contributed by atoms with E-state index in [-0.39, 0.29) is 0 Å². The van der Waals surface area contributed by atoms with Crippen LogP contribution in [0.2, 0.25) is 0 Å². The number of aromatic nitrogens is 5. The highest BCUT2D eigenvalue weighted by molar-refractivity contribution is 7.23. The zero-order valence-corrected chi connectivity index (χ0v) is 83.7. The van der Waals surface area contributed by atoms with E-state index in [4.69, 9.17) is 0 Å². The van der Waals surface area contributed by atoms with Gasteiger partial charge in [0.05, 0.1) is 29.9 Å². The lowest BCUT2D eigenvalue weighted by Gasteiger charge is -2.24. The van der Waals surface area contributed by atoms with E-state index in [9.17, 15) is 0 Å². The number of hydrogen-bond donors (Lipinski definition) is 0. The quantitative estimate of drug-likeness (QED) is 0.157. The van der Waals surface area contributed by atoms with Crippen molar-refractivity contribution in [1.82, 2.24) is 4.57 Å². The lowest BCUT2D eigenvalue weighted by Crippen LogP contribution is -2.34. The summed E-state index contributed by atoms with van der Waals surface area (Å²) in [6.07, 6.45) is 6.88. The van der Waals surface area contributed by atoms with Gasteiger partial charge in [-0.05, 0) is 254 Å². The van der Waals surface area contributed by atoms with Gasteiger partial charge in [-0.2, -0.15) is 18.3 Å². The van der Waals surface area contributed by atoms with Crippen LogP contribution in [-0.4, -0.2) is 4.57 Å². The fraction of sp³-hybridized carbons (Fsp3) is 0.0588. The van der Waals surface area contributed by atoms with Crippen molar-refractivity contribution < 1.29 is 18.3 Å². The van der Waals surface area contributed by atoms with Crippen LogP contribution in [0.3, 0.4) is 0 Å². The first-order chi connectivity index (χ1) is 70.8. The molecule has 0 amide bonds. The van der Waals surface area contributed by atoms with Crippen LogP contribution in [0.15, 0.2) is 455 Å². The maximum absolute atomic E-state index is 2.45. The van der Waals surface area contributed by atoms with Gasteiger partial charge in [-0.15, -0.1) is 22.7 Å². The summed E-state index contributed by atoms with van der Waals surface area (Å²) in [5, 5.41) is 6.55. The number of rotatable bonds is 4. The van der Waals surface area contributed by atoms with Gasteiger partial charge in [-0.25, -0.2) is 4.57 Å². The molecular weight excluding hydrogens is 1800 g/mol. The van der Waals surface area contributed by atoms with Crippen LogP contribution in [0.25, 0.3) is 268 Å². The molecule has 0 bridgehead atoms. The minimum atomic E-state index is 1.15. The number of thiophene rings is 2. The summed E-state index contributed by atoms with van der Waals surface area (Å²) in [5.41, 5.74) is 53.8. The Bertz CT molecular complexity index is 9250. The van der Waals surface area contributed by atoms with Gasteiger partial charge in [-0.1, -0.05) is 375 Å². The Morgan fingerprint density at radius 1 is 0.215 bits per heavy atom. The van der Waals surface area contributed by atoms with Crippen molar-refractivity contribution in [3.8, 4) is 216 Å². The van der Waals surface area contributed by atoms with Crippen LogP contribution in [0.1, 0.15) is 22.3 Å². The Kier molecular flexibility index (Phi) is 21.6. The fourth-order valence-corrected chi connectivity index (χ4v) is 27.2. The van der Waals surface area contributed by atoms with Gasteiger partial charge in [0.2, 0.25) is 16.9 Å². The number of pyridine rings is 3. The monoisotopic (exact) mass is 1900 g/mol. The number of aryl methyl sites for hydroxylation is 8. The van der Waals surface area contributed by atoms with Crippen molar-refractivity contribution in [2.45, 2.75) is 27.7 Å². The van der Waals surface area contributed by atoms with E-state index in [1.54, 1.807) is 0 Å². The molecule has 4 aliphatic carbocycles. The fourth-order valence-electron chi connectivity index (χ4n) is 23.4. The largest absolute Gasteiger partial charge is 0.287 e. The van der Waals surface area contributed by atoms with E-state index in [1.165, 1.54) is 284 Å². The third-order valence-corrected chi connectivity index (χ3v) is 34.0. The summed E-state index contributed by atoms with van der Waals surface area (Å²) in [4.78, 5) is 2.68. The Balaban J connectivity index is 0.0000000981. The van der Waals surface area contributed by atoms with Crippen LogP contribution in [-0.2, 0) is 28.2 Å². The average Bonchev–Trinajstić information content (AvgIpc) is 1.45. The van der Waals surface area contributed by atoms with Gasteiger partial charge in [0.1, 0.15) is 46.6 Å². The van der Waals surface area contributed by atoms with Gasteiger partial charge in [-0.3, -0.25) is 0 Å². The van der Waals surface area contributed by atoms with Crippen molar-refractivity contribution >= 4 is 86.2 Å². The van der Waals surface area contributed by atoms with Gasteiger partial charge in [0.15, 0.2) is 12.4 Å². The van der Waals surface area contributed by atoms with E-state index in [2.05, 4.69) is 534 Å². The first kappa shape index (κ1) is 87.3. The molecule has 0 saturated carbocycles. The topological polar surface area (TPSA) is 20.4 Å². The molecule has 0 atom stereocenters. The average molecular weight is 1900 g/mol. The van der Waals surface area contributed by atoms with Crippen molar-refractivity contribution in [1.29, 1.82) is 0 Å². The molecule has 4 aliphatic rings. The number of fused-ring (bicyclic) bond motifs is 38. The summed E-state index contributed by atoms with van der Waals surface area (Å²) in [5.74, 6) is 1.15. The van der Waals surface area contributed by atoms with Crippen molar-refractivity contribution in [2.75, 3.05) is 0 Å². The van der Waals surface area contributed by atoms with Crippen LogP contribution in [0.5, 0.6) is 0 Å². The molecule has 25 aromatic rings. The van der Waals surface area contributed by atoms with Gasteiger partial charge in [0, 0.05) is 66.7 Å². The summed E-state index contributed by atoms with van der Waals surface area (Å²) < 4.78 is 15.7. The van der Waals surface area contributed by atoms with Crippen LogP contribution in [0, 0.1) is 27.7 Å². The molecule has 8 heteroatoms. The molecule has 18 aromatic carbocycles. The minimum Gasteiger partial charge on any atom is -0.236 e. The smallest absolute Gasteiger partial charge is 0.236 e. The number of para-hydroxylation sites is 3. The Morgan fingerprint density at radius 2 is 0.535 bits per heavy atom. The molecule has 0 fully saturated rings. The molecule has 0 radical (unpaired) electrons.